The van der Waals surface area contributed by atoms with E-state index in [1.807, 2.05) is 5.43 Å². The Labute approximate surface area is 104 Å². The van der Waals surface area contributed by atoms with Gasteiger partial charge in [-0.3, -0.25) is 15.1 Å². The van der Waals surface area contributed by atoms with Crippen molar-refractivity contribution in [2.24, 2.45) is 5.84 Å². The van der Waals surface area contributed by atoms with Gasteiger partial charge >= 0.3 is 0 Å². The first kappa shape index (κ1) is 15.2. The molecule has 1 fully saturated rings. The number of hydrogen-bond acceptors (Lipinski definition) is 5. The number of carbonyl (C=O) groups is 1. The lowest BCUT2D eigenvalue weighted by atomic mass is 10.2. The average Bonchev–Trinajstić information content (AvgIpc) is 2.76. The summed E-state index contributed by atoms with van der Waals surface area (Å²) in [6.07, 6.45) is -2.21. The van der Waals surface area contributed by atoms with Crippen molar-refractivity contribution in [3.8, 4) is 0 Å². The maximum Gasteiger partial charge on any atom is 0.263 e. The molecule has 1 aliphatic rings. The molecule has 1 aliphatic heterocycles. The van der Waals surface area contributed by atoms with Gasteiger partial charge in [0.15, 0.2) is 0 Å². The maximum atomic E-state index is 12.3. The highest BCUT2D eigenvalue weighted by Crippen LogP contribution is 2.20. The Morgan fingerprint density at radius 2 is 2.28 bits per heavy atom. The molecule has 0 aromatic heterocycles. The number of rotatable bonds is 7. The van der Waals surface area contributed by atoms with Crippen LogP contribution in [0.2, 0.25) is 0 Å². The number of nitrogens with two attached hydrogens (primary N) is 1. The summed E-state index contributed by atoms with van der Waals surface area (Å²) in [6.45, 7) is -0.155. The van der Waals surface area contributed by atoms with Crippen LogP contribution >= 0.6 is 0 Å². The first-order valence-electron chi connectivity index (χ1n) is 5.84. The molecule has 1 rings (SSSR count). The normalized spacial score (nSPS) is 23.9. The number of aliphatic hydroxyl groups is 1. The van der Waals surface area contributed by atoms with Crippen LogP contribution in [0.1, 0.15) is 12.8 Å². The number of ether oxygens (including phenoxy) is 1. The molecule has 2 atom stereocenters. The van der Waals surface area contributed by atoms with E-state index in [2.05, 4.69) is 0 Å². The van der Waals surface area contributed by atoms with Crippen molar-refractivity contribution in [3.05, 3.63) is 0 Å². The van der Waals surface area contributed by atoms with Crippen molar-refractivity contribution < 1.29 is 23.4 Å². The Morgan fingerprint density at radius 1 is 1.56 bits per heavy atom. The van der Waals surface area contributed by atoms with Gasteiger partial charge in [-0.1, -0.05) is 0 Å². The van der Waals surface area contributed by atoms with Crippen molar-refractivity contribution in [1.82, 2.24) is 10.3 Å². The predicted molar refractivity (Wildman–Crippen MR) is 59.8 cm³/mol. The molecule has 0 aromatic rings. The van der Waals surface area contributed by atoms with E-state index < -0.39 is 25.0 Å². The number of alkyl halides is 2. The number of hydrogen-bond donors (Lipinski definition) is 3. The first-order chi connectivity index (χ1) is 8.56. The van der Waals surface area contributed by atoms with Gasteiger partial charge < -0.3 is 9.84 Å². The van der Waals surface area contributed by atoms with Gasteiger partial charge in [0, 0.05) is 13.1 Å². The molecule has 1 saturated heterocycles. The van der Waals surface area contributed by atoms with Gasteiger partial charge in [0.05, 0.1) is 19.3 Å². The van der Waals surface area contributed by atoms with Crippen LogP contribution in [-0.2, 0) is 9.53 Å². The third-order valence-electron chi connectivity index (χ3n) is 2.82. The van der Waals surface area contributed by atoms with Gasteiger partial charge in [-0.25, -0.2) is 14.6 Å². The Kier molecular flexibility index (Phi) is 6.41. The molecule has 18 heavy (non-hydrogen) atoms. The molecular weight excluding hydrogens is 248 g/mol. The number of hydrazine groups is 1. The van der Waals surface area contributed by atoms with E-state index in [1.54, 1.807) is 0 Å². The van der Waals surface area contributed by atoms with Gasteiger partial charge in [0.2, 0.25) is 0 Å². The van der Waals surface area contributed by atoms with E-state index in [1.165, 1.54) is 4.90 Å². The van der Waals surface area contributed by atoms with Crippen molar-refractivity contribution in [2.45, 2.75) is 31.5 Å². The summed E-state index contributed by atoms with van der Waals surface area (Å²) in [5, 5.41) is 8.79. The Morgan fingerprint density at radius 3 is 2.83 bits per heavy atom. The Hall–Kier alpha value is -0.830. The van der Waals surface area contributed by atoms with Gasteiger partial charge in [0.25, 0.3) is 12.3 Å². The van der Waals surface area contributed by atoms with Crippen molar-refractivity contribution >= 4 is 5.91 Å². The molecule has 0 aliphatic carbocycles. The molecule has 0 saturated carbocycles. The number of nitrogens with one attached hydrogen (secondary N) is 1. The minimum absolute atomic E-state index is 0.165. The van der Waals surface area contributed by atoms with Crippen molar-refractivity contribution in [3.63, 3.8) is 0 Å². The molecule has 6 nitrogen and oxygen atoms in total. The second kappa shape index (κ2) is 7.57. The Bertz CT molecular complexity index is 269. The zero-order chi connectivity index (χ0) is 13.5. The lowest BCUT2D eigenvalue weighted by Gasteiger charge is -2.24. The fraction of sp³-hybridized carbons (Fsp3) is 0.900. The van der Waals surface area contributed by atoms with Gasteiger partial charge in [-0.2, -0.15) is 0 Å². The van der Waals surface area contributed by atoms with E-state index in [0.29, 0.717) is 12.8 Å². The molecular formula is C10H19F2N3O3. The smallest absolute Gasteiger partial charge is 0.263 e. The monoisotopic (exact) mass is 267 g/mol. The largest absolute Gasteiger partial charge is 0.395 e. The van der Waals surface area contributed by atoms with Crippen LogP contribution in [0.5, 0.6) is 0 Å². The molecule has 0 radical (unpaired) electrons. The zero-order valence-corrected chi connectivity index (χ0v) is 10.0. The lowest BCUT2D eigenvalue weighted by Crippen LogP contribution is -2.41. The molecule has 0 aromatic carbocycles. The van der Waals surface area contributed by atoms with Crippen LogP contribution in [0.15, 0.2) is 0 Å². The van der Waals surface area contributed by atoms with Gasteiger partial charge in [0.1, 0.15) is 6.10 Å². The Balaban J connectivity index is 2.38. The third-order valence-corrected chi connectivity index (χ3v) is 2.82. The van der Waals surface area contributed by atoms with E-state index >= 15 is 0 Å². The number of nitrogens with zero attached hydrogens (tertiary/aromatic N) is 1. The highest BCUT2D eigenvalue weighted by Gasteiger charge is 2.31. The minimum atomic E-state index is -2.46. The van der Waals surface area contributed by atoms with Gasteiger partial charge in [-0.05, 0) is 12.8 Å². The van der Waals surface area contributed by atoms with Crippen LogP contribution < -0.4 is 11.3 Å². The minimum Gasteiger partial charge on any atom is -0.395 e. The number of amides is 1. The molecule has 0 spiro atoms. The van der Waals surface area contributed by atoms with E-state index in [0.717, 1.165) is 0 Å². The zero-order valence-electron chi connectivity index (χ0n) is 10.0. The molecule has 1 amide bonds. The third kappa shape index (κ3) is 4.81. The van der Waals surface area contributed by atoms with Crippen LogP contribution in [0.25, 0.3) is 0 Å². The van der Waals surface area contributed by atoms with Crippen LogP contribution in [0, 0.1) is 0 Å². The maximum absolute atomic E-state index is 12.3. The van der Waals surface area contributed by atoms with Crippen LogP contribution in [0.3, 0.4) is 0 Å². The standard InChI is InChI=1S/C10H19F2N3O3/c11-9(12)6-15(3-4-16)5-7-1-2-8(18-7)10(17)14-13/h7-9,16H,1-6,13H2,(H,14,17). The van der Waals surface area contributed by atoms with E-state index in [9.17, 15) is 13.6 Å². The fourth-order valence-corrected chi connectivity index (χ4v) is 2.01. The summed E-state index contributed by atoms with van der Waals surface area (Å²) >= 11 is 0. The number of carbonyl (C=O) groups excluding carboxylic acids is 1. The first-order valence-corrected chi connectivity index (χ1v) is 5.84. The van der Waals surface area contributed by atoms with Crippen LogP contribution in [0.4, 0.5) is 8.78 Å². The topological polar surface area (TPSA) is 87.8 Å². The van der Waals surface area contributed by atoms with E-state index in [4.69, 9.17) is 15.7 Å². The van der Waals surface area contributed by atoms with E-state index in [-0.39, 0.29) is 25.8 Å². The quantitative estimate of drug-likeness (QED) is 0.315. The molecule has 4 N–H and O–H groups in total. The highest BCUT2D eigenvalue weighted by atomic mass is 19.3. The summed E-state index contributed by atoms with van der Waals surface area (Å²) in [4.78, 5) is 12.6. The fourth-order valence-electron chi connectivity index (χ4n) is 2.01. The summed E-state index contributed by atoms with van der Waals surface area (Å²) in [5.41, 5.74) is 2.00. The molecule has 1 heterocycles. The molecule has 2 unspecified atom stereocenters. The number of aliphatic hydroxyl groups excluding tert-OH is 1. The lowest BCUT2D eigenvalue weighted by molar-refractivity contribution is -0.132. The molecule has 8 heteroatoms. The SMILES string of the molecule is NNC(=O)C1CCC(CN(CCO)CC(F)F)O1. The predicted octanol–water partition coefficient (Wildman–Crippen LogP) is -0.917. The number of halogens is 2. The summed E-state index contributed by atoms with van der Waals surface area (Å²) < 4.78 is 30.0. The molecule has 106 valence electrons. The second-order valence-electron chi connectivity index (χ2n) is 4.21. The summed E-state index contributed by atoms with van der Waals surface area (Å²) in [7, 11) is 0. The summed E-state index contributed by atoms with van der Waals surface area (Å²) in [5.74, 6) is 4.59. The van der Waals surface area contributed by atoms with Crippen molar-refractivity contribution in [2.75, 3.05) is 26.2 Å². The van der Waals surface area contributed by atoms with Crippen molar-refractivity contribution in [1.29, 1.82) is 0 Å². The molecule has 0 bridgehead atoms. The van der Waals surface area contributed by atoms with Crippen LogP contribution in [-0.4, -0.2) is 60.8 Å². The summed E-state index contributed by atoms with van der Waals surface area (Å²) in [6, 6.07) is 0. The average molecular weight is 267 g/mol. The second-order valence-corrected chi connectivity index (χ2v) is 4.21. The highest BCUT2D eigenvalue weighted by molar-refractivity contribution is 5.80. The van der Waals surface area contributed by atoms with Gasteiger partial charge in [-0.15, -0.1) is 0 Å².